The van der Waals surface area contributed by atoms with Gasteiger partial charge in [0.05, 0.1) is 18.5 Å². The third kappa shape index (κ3) is 2.75. The van der Waals surface area contributed by atoms with Gasteiger partial charge >= 0.3 is 0 Å². The maximum Gasteiger partial charge on any atom is 0.255 e. The van der Waals surface area contributed by atoms with E-state index in [9.17, 15) is 9.90 Å². The highest BCUT2D eigenvalue weighted by Gasteiger charge is 2.09. The molecule has 0 unspecified atom stereocenters. The number of carbonyl (C=O) groups is 1. The lowest BCUT2D eigenvalue weighted by atomic mass is 10.1. The highest BCUT2D eigenvalue weighted by atomic mass is 16.3. The lowest BCUT2D eigenvalue weighted by Gasteiger charge is -2.09. The summed E-state index contributed by atoms with van der Waals surface area (Å²) in [5.74, 6) is -0.219. The standard InChI is InChI=1S/C17H14N2O2/c20-11-15-7-8-18-10-16(15)19-17(21)14-6-5-12-3-1-2-4-13(12)9-14/h1-10,20H,11H2,(H,19,21). The van der Waals surface area contributed by atoms with Gasteiger partial charge in [-0.3, -0.25) is 9.78 Å². The number of aromatic nitrogens is 1. The molecule has 3 rings (SSSR count). The fourth-order valence-electron chi connectivity index (χ4n) is 2.20. The Balaban J connectivity index is 1.90. The van der Waals surface area contributed by atoms with Crippen LogP contribution in [0.4, 0.5) is 5.69 Å². The molecule has 1 aromatic heterocycles. The molecule has 0 spiro atoms. The smallest absolute Gasteiger partial charge is 0.255 e. The number of pyridine rings is 1. The molecular formula is C17H14N2O2. The van der Waals surface area contributed by atoms with Crippen molar-refractivity contribution < 1.29 is 9.90 Å². The predicted molar refractivity (Wildman–Crippen MR) is 82.1 cm³/mol. The number of benzene rings is 2. The van der Waals surface area contributed by atoms with Crippen molar-refractivity contribution in [3.8, 4) is 0 Å². The number of fused-ring (bicyclic) bond motifs is 1. The van der Waals surface area contributed by atoms with Crippen LogP contribution in [0.5, 0.6) is 0 Å². The van der Waals surface area contributed by atoms with Gasteiger partial charge in [-0.2, -0.15) is 0 Å². The molecule has 104 valence electrons. The second-order valence-electron chi connectivity index (χ2n) is 4.71. The van der Waals surface area contributed by atoms with E-state index in [1.54, 1.807) is 18.3 Å². The molecule has 1 amide bonds. The fourth-order valence-corrected chi connectivity index (χ4v) is 2.20. The van der Waals surface area contributed by atoms with Crippen molar-refractivity contribution in [1.29, 1.82) is 0 Å². The van der Waals surface area contributed by atoms with Gasteiger partial charge in [-0.1, -0.05) is 30.3 Å². The van der Waals surface area contributed by atoms with Crippen LogP contribution in [-0.2, 0) is 6.61 Å². The number of nitrogens with one attached hydrogen (secondary N) is 1. The number of aliphatic hydroxyl groups excluding tert-OH is 1. The van der Waals surface area contributed by atoms with Gasteiger partial charge in [0.25, 0.3) is 5.91 Å². The summed E-state index contributed by atoms with van der Waals surface area (Å²) in [5.41, 5.74) is 1.73. The zero-order valence-electron chi connectivity index (χ0n) is 11.3. The molecule has 0 saturated carbocycles. The van der Waals surface area contributed by atoms with E-state index in [-0.39, 0.29) is 12.5 Å². The number of hydrogen-bond acceptors (Lipinski definition) is 3. The Labute approximate surface area is 122 Å². The molecule has 4 heteroatoms. The largest absolute Gasteiger partial charge is 0.392 e. The zero-order chi connectivity index (χ0) is 14.7. The van der Waals surface area contributed by atoms with Gasteiger partial charge in [-0.25, -0.2) is 0 Å². The van der Waals surface area contributed by atoms with E-state index in [4.69, 9.17) is 0 Å². The number of hydrogen-bond donors (Lipinski definition) is 2. The van der Waals surface area contributed by atoms with Crippen LogP contribution < -0.4 is 5.32 Å². The Bertz CT molecular complexity index is 799. The molecule has 2 aromatic carbocycles. The van der Waals surface area contributed by atoms with Crippen LogP contribution in [0.15, 0.2) is 60.9 Å². The van der Waals surface area contributed by atoms with Crippen molar-refractivity contribution in [2.24, 2.45) is 0 Å². The SMILES string of the molecule is O=C(Nc1cnccc1CO)c1ccc2ccccc2c1. The van der Waals surface area contributed by atoms with Crippen molar-refractivity contribution in [3.63, 3.8) is 0 Å². The number of nitrogens with zero attached hydrogens (tertiary/aromatic N) is 1. The van der Waals surface area contributed by atoms with E-state index < -0.39 is 0 Å². The average molecular weight is 278 g/mol. The summed E-state index contributed by atoms with van der Waals surface area (Å²) in [6, 6.07) is 15.1. The summed E-state index contributed by atoms with van der Waals surface area (Å²) < 4.78 is 0. The molecule has 2 N–H and O–H groups in total. The zero-order valence-corrected chi connectivity index (χ0v) is 11.3. The summed E-state index contributed by atoms with van der Waals surface area (Å²) in [6.07, 6.45) is 3.11. The van der Waals surface area contributed by atoms with E-state index in [0.29, 0.717) is 16.8 Å². The number of rotatable bonds is 3. The van der Waals surface area contributed by atoms with E-state index in [2.05, 4.69) is 10.3 Å². The molecule has 1 heterocycles. The Morgan fingerprint density at radius 3 is 2.71 bits per heavy atom. The van der Waals surface area contributed by atoms with Crippen molar-refractivity contribution in [3.05, 3.63) is 72.1 Å². The van der Waals surface area contributed by atoms with Crippen LogP contribution in [0.2, 0.25) is 0 Å². The van der Waals surface area contributed by atoms with Crippen molar-refractivity contribution in [2.75, 3.05) is 5.32 Å². The molecule has 0 saturated heterocycles. The molecule has 0 fully saturated rings. The summed E-state index contributed by atoms with van der Waals surface area (Å²) in [4.78, 5) is 16.3. The third-order valence-corrected chi connectivity index (χ3v) is 3.34. The van der Waals surface area contributed by atoms with Gasteiger partial charge in [0, 0.05) is 17.3 Å². The minimum Gasteiger partial charge on any atom is -0.392 e. The van der Waals surface area contributed by atoms with Gasteiger partial charge in [0.2, 0.25) is 0 Å². The normalized spacial score (nSPS) is 10.5. The highest BCUT2D eigenvalue weighted by molar-refractivity contribution is 6.06. The number of aliphatic hydroxyl groups is 1. The van der Waals surface area contributed by atoms with Crippen molar-refractivity contribution in [1.82, 2.24) is 4.98 Å². The third-order valence-electron chi connectivity index (χ3n) is 3.34. The van der Waals surface area contributed by atoms with Crippen LogP contribution in [-0.4, -0.2) is 16.0 Å². The van der Waals surface area contributed by atoms with Gasteiger partial charge in [0.1, 0.15) is 0 Å². The monoisotopic (exact) mass is 278 g/mol. The second-order valence-corrected chi connectivity index (χ2v) is 4.71. The molecule has 0 aliphatic rings. The highest BCUT2D eigenvalue weighted by Crippen LogP contribution is 2.18. The Morgan fingerprint density at radius 2 is 1.90 bits per heavy atom. The van der Waals surface area contributed by atoms with Crippen molar-refractivity contribution in [2.45, 2.75) is 6.61 Å². The summed E-state index contributed by atoms with van der Waals surface area (Å²) in [5, 5.41) is 14.1. The topological polar surface area (TPSA) is 62.2 Å². The van der Waals surface area contributed by atoms with Gasteiger partial charge in [-0.15, -0.1) is 0 Å². The first-order valence-corrected chi connectivity index (χ1v) is 6.62. The Morgan fingerprint density at radius 1 is 1.10 bits per heavy atom. The van der Waals surface area contributed by atoms with E-state index in [0.717, 1.165) is 10.8 Å². The van der Waals surface area contributed by atoms with Gasteiger partial charge in [0.15, 0.2) is 0 Å². The molecule has 0 bridgehead atoms. The molecule has 0 aliphatic heterocycles. The molecule has 0 atom stereocenters. The van der Waals surface area contributed by atoms with Crippen molar-refractivity contribution >= 4 is 22.4 Å². The molecule has 3 aromatic rings. The van der Waals surface area contributed by atoms with Crippen LogP contribution in [0.25, 0.3) is 10.8 Å². The number of anilines is 1. The Hall–Kier alpha value is -2.72. The van der Waals surface area contributed by atoms with Gasteiger partial charge in [-0.05, 0) is 29.0 Å². The molecular weight excluding hydrogens is 264 g/mol. The molecule has 0 radical (unpaired) electrons. The van der Waals surface area contributed by atoms with E-state index in [1.165, 1.54) is 6.20 Å². The van der Waals surface area contributed by atoms with Crippen LogP contribution in [0.1, 0.15) is 15.9 Å². The summed E-state index contributed by atoms with van der Waals surface area (Å²) >= 11 is 0. The van der Waals surface area contributed by atoms with Crippen LogP contribution in [0, 0.1) is 0 Å². The molecule has 4 nitrogen and oxygen atoms in total. The quantitative estimate of drug-likeness (QED) is 0.774. The number of amides is 1. The van der Waals surface area contributed by atoms with Crippen LogP contribution >= 0.6 is 0 Å². The summed E-state index contributed by atoms with van der Waals surface area (Å²) in [6.45, 7) is -0.143. The van der Waals surface area contributed by atoms with E-state index >= 15 is 0 Å². The lowest BCUT2D eigenvalue weighted by molar-refractivity contribution is 0.102. The maximum absolute atomic E-state index is 12.3. The minimum absolute atomic E-state index is 0.143. The average Bonchev–Trinajstić information content (AvgIpc) is 2.55. The fraction of sp³-hybridized carbons (Fsp3) is 0.0588. The molecule has 21 heavy (non-hydrogen) atoms. The number of carbonyl (C=O) groups excluding carboxylic acids is 1. The minimum atomic E-state index is -0.219. The lowest BCUT2D eigenvalue weighted by Crippen LogP contribution is -2.13. The molecule has 0 aliphatic carbocycles. The van der Waals surface area contributed by atoms with Crippen LogP contribution in [0.3, 0.4) is 0 Å². The summed E-state index contributed by atoms with van der Waals surface area (Å²) in [7, 11) is 0. The van der Waals surface area contributed by atoms with Gasteiger partial charge < -0.3 is 10.4 Å². The first-order valence-electron chi connectivity index (χ1n) is 6.62. The first kappa shape index (κ1) is 13.3. The Kier molecular flexibility index (Phi) is 3.62. The van der Waals surface area contributed by atoms with E-state index in [1.807, 2.05) is 36.4 Å². The predicted octanol–water partition coefficient (Wildman–Crippen LogP) is 2.98. The maximum atomic E-state index is 12.3. The first-order chi connectivity index (χ1) is 10.3. The second kappa shape index (κ2) is 5.73.